The summed E-state index contributed by atoms with van der Waals surface area (Å²) < 4.78 is 5.21. The molecule has 1 aliphatic rings. The molecule has 0 saturated carbocycles. The van der Waals surface area contributed by atoms with Crippen molar-refractivity contribution in [3.8, 4) is 0 Å². The van der Waals surface area contributed by atoms with E-state index in [-0.39, 0.29) is 0 Å². The average molecular weight is 238 g/mol. The van der Waals surface area contributed by atoms with Crippen molar-refractivity contribution in [3.05, 3.63) is 17.5 Å². The maximum Gasteiger partial charge on any atom is 0.151 e. The van der Waals surface area contributed by atoms with Crippen molar-refractivity contribution < 1.29 is 4.52 Å². The molecule has 0 atom stereocenters. The van der Waals surface area contributed by atoms with Crippen molar-refractivity contribution in [1.29, 1.82) is 0 Å². The van der Waals surface area contributed by atoms with E-state index in [4.69, 9.17) is 10.3 Å². The summed E-state index contributed by atoms with van der Waals surface area (Å²) in [4.78, 5) is 4.78. The molecule has 0 aromatic carbocycles. The predicted molar refractivity (Wildman–Crippen MR) is 66.4 cm³/mol. The van der Waals surface area contributed by atoms with Gasteiger partial charge in [0.2, 0.25) is 0 Å². The Hall–Kier alpha value is -0.910. The number of nitrogens with zero attached hydrogens (tertiary/aromatic N) is 3. The van der Waals surface area contributed by atoms with Crippen LogP contribution >= 0.6 is 0 Å². The van der Waals surface area contributed by atoms with Crippen LogP contribution in [0.3, 0.4) is 0 Å². The van der Waals surface area contributed by atoms with Gasteiger partial charge in [-0.2, -0.15) is 0 Å². The van der Waals surface area contributed by atoms with E-state index in [1.54, 1.807) is 0 Å². The van der Waals surface area contributed by atoms with Crippen LogP contribution in [-0.2, 0) is 13.1 Å². The lowest BCUT2D eigenvalue weighted by Crippen LogP contribution is -2.31. The number of likely N-dealkylation sites (N-methyl/N-ethyl adjacent to an activating group) is 1. The van der Waals surface area contributed by atoms with Gasteiger partial charge in [-0.1, -0.05) is 5.16 Å². The molecular weight excluding hydrogens is 216 g/mol. The maximum absolute atomic E-state index is 5.49. The van der Waals surface area contributed by atoms with Crippen LogP contribution < -0.4 is 5.73 Å². The molecule has 5 heteroatoms. The van der Waals surface area contributed by atoms with Gasteiger partial charge >= 0.3 is 0 Å². The summed E-state index contributed by atoms with van der Waals surface area (Å²) in [6.07, 6.45) is 2.71. The van der Waals surface area contributed by atoms with Crippen LogP contribution in [0, 0.1) is 0 Å². The molecule has 1 aliphatic heterocycles. The summed E-state index contributed by atoms with van der Waals surface area (Å²) >= 11 is 0. The van der Waals surface area contributed by atoms with Crippen LogP contribution in [0.4, 0.5) is 0 Å². The molecule has 0 radical (unpaired) electrons. The number of aromatic nitrogens is 1. The molecular formula is C12H22N4O. The highest BCUT2D eigenvalue weighted by Crippen LogP contribution is 2.08. The molecule has 1 saturated heterocycles. The highest BCUT2D eigenvalue weighted by atomic mass is 16.5. The molecule has 0 spiro atoms. The van der Waals surface area contributed by atoms with Crippen LogP contribution in [0.2, 0.25) is 0 Å². The van der Waals surface area contributed by atoms with Gasteiger partial charge in [0.15, 0.2) is 5.76 Å². The van der Waals surface area contributed by atoms with E-state index in [0.29, 0.717) is 6.54 Å². The largest absolute Gasteiger partial charge is 0.360 e. The van der Waals surface area contributed by atoms with Crippen molar-refractivity contribution >= 4 is 0 Å². The Morgan fingerprint density at radius 2 is 2.24 bits per heavy atom. The topological polar surface area (TPSA) is 58.5 Å². The SMILES string of the molecule is CN(CCN1CCCC1)Cc1cc(CN)no1. The number of rotatable bonds is 6. The molecule has 1 fully saturated rings. The number of nitrogens with two attached hydrogens (primary N) is 1. The number of hydrogen-bond donors (Lipinski definition) is 1. The van der Waals surface area contributed by atoms with Crippen LogP contribution in [0.1, 0.15) is 24.3 Å². The molecule has 1 aromatic heterocycles. The van der Waals surface area contributed by atoms with Crippen LogP contribution in [0.5, 0.6) is 0 Å². The molecule has 2 N–H and O–H groups in total. The summed E-state index contributed by atoms with van der Waals surface area (Å²) in [6, 6.07) is 1.94. The van der Waals surface area contributed by atoms with E-state index in [1.165, 1.54) is 25.9 Å². The van der Waals surface area contributed by atoms with Gasteiger partial charge < -0.3 is 15.2 Å². The third-order valence-corrected chi connectivity index (χ3v) is 3.24. The van der Waals surface area contributed by atoms with Gasteiger partial charge in [0.25, 0.3) is 0 Å². The van der Waals surface area contributed by atoms with Crippen molar-refractivity contribution in [1.82, 2.24) is 15.0 Å². The van der Waals surface area contributed by atoms with Gasteiger partial charge in [0, 0.05) is 25.7 Å². The number of likely N-dealkylation sites (tertiary alicyclic amines) is 1. The Balaban J connectivity index is 1.70. The first-order valence-electron chi connectivity index (χ1n) is 6.33. The minimum atomic E-state index is 0.445. The minimum absolute atomic E-state index is 0.445. The monoisotopic (exact) mass is 238 g/mol. The van der Waals surface area contributed by atoms with E-state index >= 15 is 0 Å². The van der Waals surface area contributed by atoms with E-state index in [9.17, 15) is 0 Å². The lowest BCUT2D eigenvalue weighted by molar-refractivity contribution is 0.230. The lowest BCUT2D eigenvalue weighted by atomic mass is 10.3. The highest BCUT2D eigenvalue weighted by Gasteiger charge is 2.12. The lowest BCUT2D eigenvalue weighted by Gasteiger charge is -2.20. The molecule has 17 heavy (non-hydrogen) atoms. The Morgan fingerprint density at radius 1 is 1.47 bits per heavy atom. The maximum atomic E-state index is 5.49. The van der Waals surface area contributed by atoms with Crippen LogP contribution in [0.25, 0.3) is 0 Å². The summed E-state index contributed by atoms with van der Waals surface area (Å²) in [7, 11) is 2.11. The van der Waals surface area contributed by atoms with Crippen molar-refractivity contribution in [2.24, 2.45) is 5.73 Å². The predicted octanol–water partition coefficient (Wildman–Crippen LogP) is 0.661. The van der Waals surface area contributed by atoms with E-state index in [2.05, 4.69) is 22.0 Å². The first kappa shape index (κ1) is 12.5. The van der Waals surface area contributed by atoms with E-state index in [1.807, 2.05) is 6.07 Å². The van der Waals surface area contributed by atoms with Gasteiger partial charge in [-0.05, 0) is 33.0 Å². The second-order valence-electron chi connectivity index (χ2n) is 4.78. The zero-order chi connectivity index (χ0) is 12.1. The molecule has 2 rings (SSSR count). The van der Waals surface area contributed by atoms with Gasteiger partial charge in [-0.25, -0.2) is 0 Å². The first-order valence-corrected chi connectivity index (χ1v) is 6.33. The Kier molecular flexibility index (Phi) is 4.53. The number of hydrogen-bond acceptors (Lipinski definition) is 5. The zero-order valence-electron chi connectivity index (χ0n) is 10.6. The van der Waals surface area contributed by atoms with Gasteiger partial charge in [0.05, 0.1) is 12.2 Å². The molecule has 1 aromatic rings. The fourth-order valence-electron chi connectivity index (χ4n) is 2.19. The molecule has 0 unspecified atom stereocenters. The second kappa shape index (κ2) is 6.14. The second-order valence-corrected chi connectivity index (χ2v) is 4.78. The van der Waals surface area contributed by atoms with Crippen molar-refractivity contribution in [2.75, 3.05) is 33.2 Å². The molecule has 5 nitrogen and oxygen atoms in total. The normalized spacial score (nSPS) is 17.1. The Bertz CT molecular complexity index is 333. The van der Waals surface area contributed by atoms with Gasteiger partial charge in [-0.15, -0.1) is 0 Å². The van der Waals surface area contributed by atoms with E-state index in [0.717, 1.165) is 31.1 Å². The van der Waals surface area contributed by atoms with Crippen LogP contribution in [0.15, 0.2) is 10.6 Å². The van der Waals surface area contributed by atoms with E-state index < -0.39 is 0 Å². The minimum Gasteiger partial charge on any atom is -0.360 e. The standard InChI is InChI=1S/C12H22N4O/c1-15(6-7-16-4-2-3-5-16)10-12-8-11(9-13)14-17-12/h8H,2-7,9-10,13H2,1H3. The average Bonchev–Trinajstić information content (AvgIpc) is 2.97. The Labute approximate surface area is 103 Å². The highest BCUT2D eigenvalue weighted by molar-refractivity contribution is 5.04. The molecule has 96 valence electrons. The molecule has 2 heterocycles. The smallest absolute Gasteiger partial charge is 0.151 e. The first-order chi connectivity index (χ1) is 8.28. The van der Waals surface area contributed by atoms with Gasteiger partial charge in [-0.3, -0.25) is 4.90 Å². The summed E-state index contributed by atoms with van der Waals surface area (Å²) in [6.45, 7) is 5.98. The molecule has 0 amide bonds. The molecule has 0 bridgehead atoms. The van der Waals surface area contributed by atoms with Crippen LogP contribution in [-0.4, -0.2) is 48.2 Å². The quantitative estimate of drug-likeness (QED) is 0.789. The fraction of sp³-hybridized carbons (Fsp3) is 0.750. The Morgan fingerprint density at radius 3 is 2.88 bits per heavy atom. The van der Waals surface area contributed by atoms with Crippen molar-refractivity contribution in [3.63, 3.8) is 0 Å². The summed E-state index contributed by atoms with van der Waals surface area (Å²) in [5.74, 6) is 0.898. The fourth-order valence-corrected chi connectivity index (χ4v) is 2.19. The summed E-state index contributed by atoms with van der Waals surface area (Å²) in [5, 5.41) is 3.89. The molecule has 0 aliphatic carbocycles. The summed E-state index contributed by atoms with van der Waals surface area (Å²) in [5.41, 5.74) is 6.32. The third kappa shape index (κ3) is 3.80. The van der Waals surface area contributed by atoms with Crippen molar-refractivity contribution in [2.45, 2.75) is 25.9 Å². The third-order valence-electron chi connectivity index (χ3n) is 3.24. The van der Waals surface area contributed by atoms with Gasteiger partial charge in [0.1, 0.15) is 0 Å². The zero-order valence-corrected chi connectivity index (χ0v) is 10.6.